The van der Waals surface area contributed by atoms with Crippen LogP contribution in [0.4, 0.5) is 0 Å². The largest absolute Gasteiger partial charge is 0.481 e. The molecule has 16 heavy (non-hydrogen) atoms. The van der Waals surface area contributed by atoms with Gasteiger partial charge in [-0.05, 0) is 25.6 Å². The lowest BCUT2D eigenvalue weighted by Gasteiger charge is -2.12. The molecule has 1 fully saturated rings. The van der Waals surface area contributed by atoms with E-state index >= 15 is 0 Å². The first-order chi connectivity index (χ1) is 7.78. The third kappa shape index (κ3) is 2.93. The monoisotopic (exact) mass is 221 g/mol. The molecule has 0 saturated carbocycles. The maximum absolute atomic E-state index is 5.02. The van der Waals surface area contributed by atoms with Gasteiger partial charge in [0.15, 0.2) is 0 Å². The molecule has 0 bridgehead atoms. The van der Waals surface area contributed by atoms with Crippen LogP contribution in [0.25, 0.3) is 0 Å². The van der Waals surface area contributed by atoms with Gasteiger partial charge in [-0.15, -0.1) is 0 Å². The number of hydrogen-bond donors (Lipinski definition) is 1. The quantitative estimate of drug-likeness (QED) is 0.819. The maximum Gasteiger partial charge on any atom is 0.212 e. The van der Waals surface area contributed by atoms with Crippen molar-refractivity contribution in [2.45, 2.75) is 19.0 Å². The molecule has 2 heterocycles. The summed E-state index contributed by atoms with van der Waals surface area (Å²) in [7, 11) is 3.80. The third-order valence-electron chi connectivity index (χ3n) is 2.99. The van der Waals surface area contributed by atoms with Gasteiger partial charge in [-0.3, -0.25) is 0 Å². The van der Waals surface area contributed by atoms with Gasteiger partial charge in [0.1, 0.15) is 0 Å². The topological polar surface area (TPSA) is 37.4 Å². The summed E-state index contributed by atoms with van der Waals surface area (Å²) in [6, 6.07) is 4.57. The van der Waals surface area contributed by atoms with Crippen LogP contribution in [-0.2, 0) is 6.54 Å². The number of rotatable bonds is 4. The number of likely N-dealkylation sites (tertiary alicyclic amines) is 1. The molecule has 1 atom stereocenters. The van der Waals surface area contributed by atoms with Crippen molar-refractivity contribution in [2.75, 3.05) is 27.2 Å². The van der Waals surface area contributed by atoms with Crippen LogP contribution in [0.2, 0.25) is 0 Å². The zero-order valence-corrected chi connectivity index (χ0v) is 9.94. The Labute approximate surface area is 96.6 Å². The number of nitrogens with zero attached hydrogens (tertiary/aromatic N) is 2. The predicted octanol–water partition coefficient (Wildman–Crippen LogP) is 0.884. The number of likely N-dealkylation sites (N-methyl/N-ethyl adjacent to an activating group) is 1. The Morgan fingerprint density at radius 2 is 2.44 bits per heavy atom. The molecule has 0 aliphatic carbocycles. The molecule has 0 amide bonds. The number of pyridine rings is 1. The van der Waals surface area contributed by atoms with Crippen LogP contribution < -0.4 is 10.1 Å². The van der Waals surface area contributed by atoms with Gasteiger partial charge in [0.25, 0.3) is 0 Å². The van der Waals surface area contributed by atoms with Crippen molar-refractivity contribution in [1.29, 1.82) is 0 Å². The zero-order valence-electron chi connectivity index (χ0n) is 9.94. The van der Waals surface area contributed by atoms with E-state index < -0.39 is 0 Å². The summed E-state index contributed by atoms with van der Waals surface area (Å²) >= 11 is 0. The molecule has 2 rings (SSSR count). The minimum absolute atomic E-state index is 0.618. The normalized spacial score (nSPS) is 21.2. The Balaban J connectivity index is 1.80. The van der Waals surface area contributed by atoms with E-state index in [0.717, 1.165) is 13.1 Å². The highest BCUT2D eigenvalue weighted by Crippen LogP contribution is 2.09. The molecular formula is C12H19N3O. The second kappa shape index (κ2) is 5.27. The van der Waals surface area contributed by atoms with E-state index in [4.69, 9.17) is 4.74 Å². The first kappa shape index (κ1) is 11.4. The number of ether oxygens (including phenoxy) is 1. The van der Waals surface area contributed by atoms with E-state index in [1.807, 2.05) is 12.3 Å². The fourth-order valence-electron chi connectivity index (χ4n) is 2.00. The van der Waals surface area contributed by atoms with Crippen molar-refractivity contribution in [3.05, 3.63) is 23.9 Å². The van der Waals surface area contributed by atoms with Crippen molar-refractivity contribution >= 4 is 0 Å². The molecule has 0 radical (unpaired) electrons. The molecule has 1 aromatic rings. The van der Waals surface area contributed by atoms with E-state index in [-0.39, 0.29) is 0 Å². The Morgan fingerprint density at radius 3 is 3.00 bits per heavy atom. The molecule has 0 aromatic carbocycles. The summed E-state index contributed by atoms with van der Waals surface area (Å²) in [6.45, 7) is 3.22. The summed E-state index contributed by atoms with van der Waals surface area (Å²) in [4.78, 5) is 6.54. The van der Waals surface area contributed by atoms with Crippen LogP contribution in [-0.4, -0.2) is 43.2 Å². The van der Waals surface area contributed by atoms with Gasteiger partial charge < -0.3 is 15.0 Å². The van der Waals surface area contributed by atoms with Crippen LogP contribution >= 0.6 is 0 Å². The Morgan fingerprint density at radius 1 is 1.56 bits per heavy atom. The van der Waals surface area contributed by atoms with Gasteiger partial charge in [0, 0.05) is 31.4 Å². The van der Waals surface area contributed by atoms with E-state index in [9.17, 15) is 0 Å². The summed E-state index contributed by atoms with van der Waals surface area (Å²) < 4.78 is 5.02. The fourth-order valence-corrected chi connectivity index (χ4v) is 2.00. The van der Waals surface area contributed by atoms with E-state index in [2.05, 4.69) is 28.3 Å². The standard InChI is InChI=1S/C12H19N3O/c1-15-6-5-11(9-15)13-7-10-3-4-12(16-2)14-8-10/h3-4,8,11,13H,5-7,9H2,1-2H3. The summed E-state index contributed by atoms with van der Waals surface area (Å²) in [6.07, 6.45) is 3.10. The number of methoxy groups -OCH3 is 1. The molecule has 1 N–H and O–H groups in total. The molecule has 4 heteroatoms. The maximum atomic E-state index is 5.02. The first-order valence-electron chi connectivity index (χ1n) is 5.69. The molecular weight excluding hydrogens is 202 g/mol. The Hall–Kier alpha value is -1.13. The predicted molar refractivity (Wildman–Crippen MR) is 63.5 cm³/mol. The highest BCUT2D eigenvalue weighted by molar-refractivity contribution is 5.17. The SMILES string of the molecule is COc1ccc(CNC2CCN(C)C2)cn1. The van der Waals surface area contributed by atoms with Crippen molar-refractivity contribution in [1.82, 2.24) is 15.2 Å². The number of aromatic nitrogens is 1. The molecule has 1 aliphatic rings. The van der Waals surface area contributed by atoms with E-state index in [1.165, 1.54) is 18.5 Å². The lowest BCUT2D eigenvalue weighted by molar-refractivity contribution is 0.395. The van der Waals surface area contributed by atoms with Crippen LogP contribution in [0.15, 0.2) is 18.3 Å². The average molecular weight is 221 g/mol. The molecule has 88 valence electrons. The van der Waals surface area contributed by atoms with Crippen LogP contribution in [0.1, 0.15) is 12.0 Å². The highest BCUT2D eigenvalue weighted by atomic mass is 16.5. The highest BCUT2D eigenvalue weighted by Gasteiger charge is 2.18. The molecule has 1 saturated heterocycles. The molecule has 1 aliphatic heterocycles. The fraction of sp³-hybridized carbons (Fsp3) is 0.583. The van der Waals surface area contributed by atoms with Gasteiger partial charge in [0.2, 0.25) is 5.88 Å². The summed E-state index contributed by atoms with van der Waals surface area (Å²) in [5.74, 6) is 0.671. The minimum Gasteiger partial charge on any atom is -0.481 e. The van der Waals surface area contributed by atoms with Gasteiger partial charge in [0.05, 0.1) is 7.11 Å². The minimum atomic E-state index is 0.618. The van der Waals surface area contributed by atoms with Gasteiger partial charge in [-0.2, -0.15) is 0 Å². The van der Waals surface area contributed by atoms with Crippen molar-refractivity contribution in [3.63, 3.8) is 0 Å². The molecule has 1 aromatic heterocycles. The summed E-state index contributed by atoms with van der Waals surface area (Å²) in [5, 5.41) is 3.54. The van der Waals surface area contributed by atoms with Crippen molar-refractivity contribution < 1.29 is 4.74 Å². The lowest BCUT2D eigenvalue weighted by Crippen LogP contribution is -2.30. The number of nitrogens with one attached hydrogen (secondary N) is 1. The van der Waals surface area contributed by atoms with Gasteiger partial charge >= 0.3 is 0 Å². The van der Waals surface area contributed by atoms with Crippen LogP contribution in [0, 0.1) is 0 Å². The Kier molecular flexibility index (Phi) is 3.74. The molecule has 0 spiro atoms. The van der Waals surface area contributed by atoms with Gasteiger partial charge in [-0.25, -0.2) is 4.98 Å². The summed E-state index contributed by atoms with van der Waals surface area (Å²) in [5.41, 5.74) is 1.20. The second-order valence-electron chi connectivity index (χ2n) is 4.34. The number of hydrogen-bond acceptors (Lipinski definition) is 4. The van der Waals surface area contributed by atoms with Crippen LogP contribution in [0.3, 0.4) is 0 Å². The lowest BCUT2D eigenvalue weighted by atomic mass is 10.2. The van der Waals surface area contributed by atoms with E-state index in [0.29, 0.717) is 11.9 Å². The van der Waals surface area contributed by atoms with E-state index in [1.54, 1.807) is 7.11 Å². The van der Waals surface area contributed by atoms with Gasteiger partial charge in [-0.1, -0.05) is 6.07 Å². The second-order valence-corrected chi connectivity index (χ2v) is 4.34. The molecule has 4 nitrogen and oxygen atoms in total. The first-order valence-corrected chi connectivity index (χ1v) is 5.69. The third-order valence-corrected chi connectivity index (χ3v) is 2.99. The van der Waals surface area contributed by atoms with Crippen molar-refractivity contribution in [3.8, 4) is 5.88 Å². The zero-order chi connectivity index (χ0) is 11.4. The average Bonchev–Trinajstić information content (AvgIpc) is 2.73. The van der Waals surface area contributed by atoms with Crippen LogP contribution in [0.5, 0.6) is 5.88 Å². The van der Waals surface area contributed by atoms with Crippen molar-refractivity contribution in [2.24, 2.45) is 0 Å². The smallest absolute Gasteiger partial charge is 0.212 e. The Bertz CT molecular complexity index is 326. The molecule has 1 unspecified atom stereocenters.